The molecule has 1 N–H and O–H groups in total. The number of nitrogens with zero attached hydrogens (tertiary/aromatic N) is 2. The van der Waals surface area contributed by atoms with Gasteiger partial charge >= 0.3 is 0 Å². The third-order valence-electron chi connectivity index (χ3n) is 3.10. The Morgan fingerprint density at radius 1 is 1.47 bits per heavy atom. The van der Waals surface area contributed by atoms with Crippen LogP contribution in [0.4, 0.5) is 0 Å². The summed E-state index contributed by atoms with van der Waals surface area (Å²) in [5.74, 6) is 0.467. The second-order valence-electron chi connectivity index (χ2n) is 4.90. The summed E-state index contributed by atoms with van der Waals surface area (Å²) in [5.41, 5.74) is 0.480. The van der Waals surface area contributed by atoms with Gasteiger partial charge in [0.05, 0.1) is 17.2 Å². The lowest BCUT2D eigenvalue weighted by Gasteiger charge is -2.28. The van der Waals surface area contributed by atoms with E-state index in [1.54, 1.807) is 18.6 Å². The first-order valence-electron chi connectivity index (χ1n) is 5.64. The summed E-state index contributed by atoms with van der Waals surface area (Å²) in [6, 6.07) is 0.00185. The Balaban J connectivity index is 2.07. The summed E-state index contributed by atoms with van der Waals surface area (Å²) >= 11 is 0. The Labute approximate surface area is 102 Å². The number of hydrogen-bond donors (Lipinski definition) is 1. The molecule has 1 aliphatic heterocycles. The van der Waals surface area contributed by atoms with Crippen molar-refractivity contribution in [1.29, 1.82) is 0 Å². The zero-order valence-corrected chi connectivity index (χ0v) is 10.9. The van der Waals surface area contributed by atoms with Gasteiger partial charge in [0.25, 0.3) is 0 Å². The molecule has 1 fully saturated rings. The normalized spacial score (nSPS) is 29.1. The predicted octanol–water partition coefficient (Wildman–Crippen LogP) is 0.704. The van der Waals surface area contributed by atoms with Gasteiger partial charge in [-0.15, -0.1) is 0 Å². The van der Waals surface area contributed by atoms with Crippen LogP contribution in [-0.4, -0.2) is 35.4 Å². The number of hydrogen-bond acceptors (Lipinski definition) is 5. The fourth-order valence-corrected chi connectivity index (χ4v) is 4.36. The van der Waals surface area contributed by atoms with Crippen LogP contribution in [0.1, 0.15) is 32.0 Å². The molecule has 0 saturated carbocycles. The molecule has 0 amide bonds. The molecule has 1 aliphatic rings. The van der Waals surface area contributed by atoms with E-state index < -0.39 is 9.84 Å². The highest BCUT2D eigenvalue weighted by atomic mass is 32.2. The van der Waals surface area contributed by atoms with Crippen LogP contribution in [0.2, 0.25) is 0 Å². The van der Waals surface area contributed by atoms with Gasteiger partial charge in [0.15, 0.2) is 9.84 Å². The molecule has 5 nitrogen and oxygen atoms in total. The topological polar surface area (TPSA) is 72.0 Å². The average Bonchev–Trinajstić information content (AvgIpc) is 2.54. The monoisotopic (exact) mass is 255 g/mol. The van der Waals surface area contributed by atoms with E-state index in [9.17, 15) is 8.42 Å². The van der Waals surface area contributed by atoms with Crippen molar-refractivity contribution in [3.63, 3.8) is 0 Å². The molecule has 6 heteroatoms. The minimum Gasteiger partial charge on any atom is -0.302 e. The van der Waals surface area contributed by atoms with Gasteiger partial charge in [-0.3, -0.25) is 9.97 Å². The van der Waals surface area contributed by atoms with Crippen molar-refractivity contribution in [3.8, 4) is 0 Å². The van der Waals surface area contributed by atoms with Gasteiger partial charge < -0.3 is 5.32 Å². The standard InChI is InChI=1S/C11H17N3O2S/c1-9(10-7-12-4-5-13-10)14-11(2)3-6-17(15,16)8-11/h4-5,7,9,14H,3,6,8H2,1-2H3. The average molecular weight is 255 g/mol. The highest BCUT2D eigenvalue weighted by Crippen LogP contribution is 2.25. The number of aromatic nitrogens is 2. The van der Waals surface area contributed by atoms with Gasteiger partial charge in [-0.2, -0.15) is 0 Å². The van der Waals surface area contributed by atoms with Crippen LogP contribution in [0.5, 0.6) is 0 Å². The Morgan fingerprint density at radius 2 is 2.24 bits per heavy atom. The summed E-state index contributed by atoms with van der Waals surface area (Å²) < 4.78 is 23.0. The first-order valence-corrected chi connectivity index (χ1v) is 7.46. The smallest absolute Gasteiger partial charge is 0.152 e. The predicted molar refractivity (Wildman–Crippen MR) is 65.3 cm³/mol. The third-order valence-corrected chi connectivity index (χ3v) is 5.00. The number of sulfone groups is 1. The van der Waals surface area contributed by atoms with Crippen molar-refractivity contribution in [2.24, 2.45) is 0 Å². The Kier molecular flexibility index (Phi) is 3.18. The molecular formula is C11H17N3O2S. The molecule has 0 bridgehead atoms. The van der Waals surface area contributed by atoms with Crippen molar-refractivity contribution in [3.05, 3.63) is 24.3 Å². The summed E-state index contributed by atoms with van der Waals surface area (Å²) in [4.78, 5) is 8.22. The maximum atomic E-state index is 11.5. The lowest BCUT2D eigenvalue weighted by atomic mass is 10.0. The van der Waals surface area contributed by atoms with Gasteiger partial charge in [0, 0.05) is 30.2 Å². The second-order valence-corrected chi connectivity index (χ2v) is 7.08. The second kappa shape index (κ2) is 4.34. The highest BCUT2D eigenvalue weighted by Gasteiger charge is 2.39. The van der Waals surface area contributed by atoms with E-state index >= 15 is 0 Å². The van der Waals surface area contributed by atoms with E-state index in [0.29, 0.717) is 6.42 Å². The maximum absolute atomic E-state index is 11.5. The lowest BCUT2D eigenvalue weighted by Crippen LogP contribution is -2.44. The molecule has 2 rings (SSSR count). The van der Waals surface area contributed by atoms with E-state index in [1.807, 2.05) is 13.8 Å². The van der Waals surface area contributed by atoms with Crippen molar-refractivity contribution in [2.45, 2.75) is 31.8 Å². The summed E-state index contributed by atoms with van der Waals surface area (Å²) in [7, 11) is -2.88. The third kappa shape index (κ3) is 3.01. The zero-order chi connectivity index (χ0) is 12.5. The fourth-order valence-electron chi connectivity index (χ4n) is 2.26. The molecule has 94 valence electrons. The van der Waals surface area contributed by atoms with Crippen LogP contribution in [-0.2, 0) is 9.84 Å². The van der Waals surface area contributed by atoms with Crippen molar-refractivity contribution < 1.29 is 8.42 Å². The van der Waals surface area contributed by atoms with Crippen molar-refractivity contribution in [2.75, 3.05) is 11.5 Å². The zero-order valence-electron chi connectivity index (χ0n) is 10.0. The number of nitrogens with one attached hydrogen (secondary N) is 1. The SMILES string of the molecule is CC(NC1(C)CCS(=O)(=O)C1)c1cnccn1. The minimum absolute atomic E-state index is 0.00185. The number of rotatable bonds is 3. The van der Waals surface area contributed by atoms with Gasteiger partial charge in [-0.05, 0) is 20.3 Å². The maximum Gasteiger partial charge on any atom is 0.152 e. The van der Waals surface area contributed by atoms with Crippen molar-refractivity contribution >= 4 is 9.84 Å². The van der Waals surface area contributed by atoms with Crippen LogP contribution in [0.25, 0.3) is 0 Å². The van der Waals surface area contributed by atoms with Crippen LogP contribution in [0.15, 0.2) is 18.6 Å². The molecule has 1 aromatic rings. The van der Waals surface area contributed by atoms with E-state index in [0.717, 1.165) is 5.69 Å². The summed E-state index contributed by atoms with van der Waals surface area (Å²) in [6.45, 7) is 3.92. The molecule has 1 aromatic heterocycles. The van der Waals surface area contributed by atoms with Crippen LogP contribution in [0, 0.1) is 0 Å². The van der Waals surface area contributed by atoms with E-state index in [4.69, 9.17) is 0 Å². The van der Waals surface area contributed by atoms with E-state index in [-0.39, 0.29) is 23.1 Å². The van der Waals surface area contributed by atoms with E-state index in [2.05, 4.69) is 15.3 Å². The van der Waals surface area contributed by atoms with Crippen LogP contribution in [0.3, 0.4) is 0 Å². The largest absolute Gasteiger partial charge is 0.302 e. The Morgan fingerprint density at radius 3 is 2.76 bits per heavy atom. The van der Waals surface area contributed by atoms with Crippen LogP contribution >= 0.6 is 0 Å². The summed E-state index contributed by atoms with van der Waals surface area (Å²) in [5, 5.41) is 3.35. The van der Waals surface area contributed by atoms with Gasteiger partial charge in [-0.1, -0.05) is 0 Å². The molecule has 0 radical (unpaired) electrons. The Bertz CT molecular complexity index is 489. The molecule has 17 heavy (non-hydrogen) atoms. The molecular weight excluding hydrogens is 238 g/mol. The molecule has 2 atom stereocenters. The molecule has 2 unspecified atom stereocenters. The first-order chi connectivity index (χ1) is 7.90. The lowest BCUT2D eigenvalue weighted by molar-refractivity contribution is 0.351. The molecule has 0 aliphatic carbocycles. The minimum atomic E-state index is -2.88. The van der Waals surface area contributed by atoms with Gasteiger partial charge in [-0.25, -0.2) is 8.42 Å². The quantitative estimate of drug-likeness (QED) is 0.861. The fraction of sp³-hybridized carbons (Fsp3) is 0.636. The molecule has 2 heterocycles. The molecule has 0 spiro atoms. The first kappa shape index (κ1) is 12.4. The van der Waals surface area contributed by atoms with Gasteiger partial charge in [0.1, 0.15) is 0 Å². The molecule has 0 aromatic carbocycles. The van der Waals surface area contributed by atoms with Crippen molar-refractivity contribution in [1.82, 2.24) is 15.3 Å². The van der Waals surface area contributed by atoms with Crippen LogP contribution < -0.4 is 5.32 Å². The van der Waals surface area contributed by atoms with E-state index in [1.165, 1.54) is 0 Å². The Hall–Kier alpha value is -1.01. The molecule has 1 saturated heterocycles. The highest BCUT2D eigenvalue weighted by molar-refractivity contribution is 7.91. The summed E-state index contributed by atoms with van der Waals surface area (Å²) in [6.07, 6.45) is 5.61. The van der Waals surface area contributed by atoms with Gasteiger partial charge in [0.2, 0.25) is 0 Å².